The molecule has 41 heavy (non-hydrogen) atoms. The third kappa shape index (κ3) is 5.47. The molecule has 0 unspecified atom stereocenters. The fourth-order valence-corrected chi connectivity index (χ4v) is 6.90. The molecule has 6 rings (SSSR count). The highest BCUT2D eigenvalue weighted by Gasteiger charge is 2.46. The molecule has 8 heteroatoms. The minimum atomic E-state index is -0.444. The lowest BCUT2D eigenvalue weighted by molar-refractivity contribution is -0.140. The Bertz CT molecular complexity index is 1480. The fraction of sp³-hybridized carbons (Fsp3) is 0.394. The molecule has 1 amide bonds. The van der Waals surface area contributed by atoms with Crippen molar-refractivity contribution >= 4 is 17.5 Å². The third-order valence-corrected chi connectivity index (χ3v) is 9.09. The molecule has 0 spiro atoms. The highest BCUT2D eigenvalue weighted by molar-refractivity contribution is 6.32. The van der Waals surface area contributed by atoms with Gasteiger partial charge in [0.15, 0.2) is 11.6 Å². The summed E-state index contributed by atoms with van der Waals surface area (Å²) in [5, 5.41) is 5.44. The van der Waals surface area contributed by atoms with Crippen LogP contribution in [0, 0.1) is 0 Å². The zero-order valence-electron chi connectivity index (χ0n) is 23.5. The van der Waals surface area contributed by atoms with Gasteiger partial charge in [0.2, 0.25) is 5.91 Å². The highest BCUT2D eigenvalue weighted by atomic mass is 35.5. The second kappa shape index (κ2) is 12.0. The minimum absolute atomic E-state index is 0.255. The van der Waals surface area contributed by atoms with Gasteiger partial charge in [-0.05, 0) is 61.6 Å². The van der Waals surface area contributed by atoms with Crippen LogP contribution < -0.4 is 4.74 Å². The lowest BCUT2D eigenvalue weighted by Gasteiger charge is -2.38. The van der Waals surface area contributed by atoms with Crippen LogP contribution in [0.15, 0.2) is 73.1 Å². The van der Waals surface area contributed by atoms with Gasteiger partial charge < -0.3 is 9.64 Å². The molecule has 0 radical (unpaired) electrons. The summed E-state index contributed by atoms with van der Waals surface area (Å²) in [4.78, 5) is 25.9. The van der Waals surface area contributed by atoms with Gasteiger partial charge in [-0.3, -0.25) is 9.78 Å². The van der Waals surface area contributed by atoms with Gasteiger partial charge in [0.25, 0.3) is 0 Å². The summed E-state index contributed by atoms with van der Waals surface area (Å²) >= 11 is 6.51. The van der Waals surface area contributed by atoms with E-state index in [-0.39, 0.29) is 11.9 Å². The van der Waals surface area contributed by atoms with E-state index in [0.29, 0.717) is 35.5 Å². The molecule has 0 atom stereocenters. The predicted molar refractivity (Wildman–Crippen MR) is 161 cm³/mol. The summed E-state index contributed by atoms with van der Waals surface area (Å²) < 4.78 is 7.30. The van der Waals surface area contributed by atoms with E-state index >= 15 is 0 Å². The van der Waals surface area contributed by atoms with Crippen LogP contribution >= 0.6 is 11.6 Å². The van der Waals surface area contributed by atoms with Crippen LogP contribution in [0.5, 0.6) is 5.75 Å². The molecule has 2 aliphatic rings. The molecule has 0 aliphatic heterocycles. The van der Waals surface area contributed by atoms with Crippen LogP contribution in [-0.2, 0) is 16.8 Å². The standard InChI is InChI=1S/C33H36ClN5O2/c1-41-29-14-13-25(23-28(29)34)31-36-30(24-15-19-35-20-16-24)37-39(31)22-21-38(27-11-5-6-12-27)32(40)33(17-7-8-18-33)26-9-3-2-4-10-26/h2-4,9-10,13-16,19-20,23,27H,5-8,11-12,17-18,21-22H2,1H3. The van der Waals surface area contributed by atoms with Crippen LogP contribution in [0.2, 0.25) is 5.02 Å². The molecule has 2 aromatic heterocycles. The highest BCUT2D eigenvalue weighted by Crippen LogP contribution is 2.44. The molecule has 2 aromatic carbocycles. The van der Waals surface area contributed by atoms with Crippen molar-refractivity contribution in [1.82, 2.24) is 24.6 Å². The lowest BCUT2D eigenvalue weighted by atomic mass is 9.77. The monoisotopic (exact) mass is 569 g/mol. The Morgan fingerprint density at radius 2 is 1.73 bits per heavy atom. The van der Waals surface area contributed by atoms with Gasteiger partial charge in [0.05, 0.1) is 24.1 Å². The number of rotatable bonds is 9. The van der Waals surface area contributed by atoms with Crippen LogP contribution in [0.3, 0.4) is 0 Å². The first-order valence-corrected chi connectivity index (χ1v) is 15.0. The summed E-state index contributed by atoms with van der Waals surface area (Å²) in [6.45, 7) is 1.11. The van der Waals surface area contributed by atoms with E-state index in [9.17, 15) is 4.79 Å². The average Bonchev–Trinajstić information content (AvgIpc) is 3.80. The number of pyridine rings is 1. The van der Waals surface area contributed by atoms with Crippen molar-refractivity contribution < 1.29 is 9.53 Å². The third-order valence-electron chi connectivity index (χ3n) is 8.79. The molecular weight excluding hydrogens is 534 g/mol. The van der Waals surface area contributed by atoms with E-state index in [0.717, 1.165) is 68.1 Å². The topological polar surface area (TPSA) is 73.1 Å². The fourth-order valence-electron chi connectivity index (χ4n) is 6.65. The van der Waals surface area contributed by atoms with Gasteiger partial charge in [-0.1, -0.05) is 67.6 Å². The maximum atomic E-state index is 14.6. The number of amides is 1. The number of nitrogens with zero attached hydrogens (tertiary/aromatic N) is 5. The van der Waals surface area contributed by atoms with Crippen LogP contribution in [0.4, 0.5) is 0 Å². The lowest BCUT2D eigenvalue weighted by Crippen LogP contribution is -2.50. The van der Waals surface area contributed by atoms with Crippen molar-refractivity contribution in [1.29, 1.82) is 0 Å². The first-order valence-electron chi connectivity index (χ1n) is 14.6. The SMILES string of the molecule is COc1ccc(-c2nc(-c3ccncc3)nn2CCN(C(=O)C2(c3ccccc3)CCCC2)C2CCCC2)cc1Cl. The van der Waals surface area contributed by atoms with Gasteiger partial charge in [-0.15, -0.1) is 0 Å². The Morgan fingerprint density at radius 1 is 1.00 bits per heavy atom. The molecule has 0 N–H and O–H groups in total. The number of halogens is 1. The van der Waals surface area contributed by atoms with Gasteiger partial charge in [0, 0.05) is 36.1 Å². The molecule has 0 bridgehead atoms. The van der Waals surface area contributed by atoms with Crippen LogP contribution in [-0.4, -0.2) is 50.3 Å². The van der Waals surface area contributed by atoms with Crippen molar-refractivity contribution in [3.8, 4) is 28.5 Å². The number of hydrogen-bond donors (Lipinski definition) is 0. The van der Waals surface area contributed by atoms with Crippen molar-refractivity contribution in [3.63, 3.8) is 0 Å². The zero-order chi connectivity index (χ0) is 28.2. The number of hydrogen-bond acceptors (Lipinski definition) is 5. The first kappa shape index (κ1) is 27.5. The van der Waals surface area contributed by atoms with Gasteiger partial charge in [-0.2, -0.15) is 5.10 Å². The van der Waals surface area contributed by atoms with Crippen molar-refractivity contribution in [2.75, 3.05) is 13.7 Å². The van der Waals surface area contributed by atoms with Gasteiger partial charge in [-0.25, -0.2) is 9.67 Å². The first-order chi connectivity index (χ1) is 20.1. The largest absolute Gasteiger partial charge is 0.495 e. The Balaban J connectivity index is 1.35. The summed E-state index contributed by atoms with van der Waals surface area (Å²) in [7, 11) is 1.60. The summed E-state index contributed by atoms with van der Waals surface area (Å²) in [5.74, 6) is 2.21. The van der Waals surface area contributed by atoms with E-state index in [1.165, 1.54) is 0 Å². The van der Waals surface area contributed by atoms with E-state index in [2.05, 4.69) is 34.1 Å². The summed E-state index contributed by atoms with van der Waals surface area (Å²) in [6, 6.07) is 20.2. The Hall–Kier alpha value is -3.71. The molecule has 0 saturated heterocycles. The van der Waals surface area contributed by atoms with Crippen molar-refractivity contribution in [3.05, 3.63) is 83.6 Å². The minimum Gasteiger partial charge on any atom is -0.495 e. The molecule has 2 saturated carbocycles. The Kier molecular flexibility index (Phi) is 8.06. The Labute approximate surface area is 246 Å². The molecular formula is C33H36ClN5O2. The number of carbonyl (C=O) groups excluding carboxylic acids is 1. The average molecular weight is 570 g/mol. The van der Waals surface area contributed by atoms with E-state index < -0.39 is 5.41 Å². The summed E-state index contributed by atoms with van der Waals surface area (Å²) in [5.41, 5.74) is 2.44. The zero-order valence-corrected chi connectivity index (χ0v) is 24.3. The predicted octanol–water partition coefficient (Wildman–Crippen LogP) is 6.95. The number of aromatic nitrogens is 4. The van der Waals surface area contributed by atoms with Gasteiger partial charge >= 0.3 is 0 Å². The maximum Gasteiger partial charge on any atom is 0.233 e. The number of ether oxygens (including phenoxy) is 1. The molecule has 7 nitrogen and oxygen atoms in total. The van der Waals surface area contributed by atoms with Crippen molar-refractivity contribution in [2.24, 2.45) is 0 Å². The van der Waals surface area contributed by atoms with Crippen molar-refractivity contribution in [2.45, 2.75) is 69.4 Å². The second-order valence-electron chi connectivity index (χ2n) is 11.2. The second-order valence-corrected chi connectivity index (χ2v) is 11.6. The Morgan fingerprint density at radius 3 is 2.41 bits per heavy atom. The number of methoxy groups -OCH3 is 1. The van der Waals surface area contributed by atoms with E-state index in [1.54, 1.807) is 19.5 Å². The van der Waals surface area contributed by atoms with E-state index in [4.69, 9.17) is 26.4 Å². The number of benzene rings is 2. The van der Waals surface area contributed by atoms with Gasteiger partial charge in [0.1, 0.15) is 5.75 Å². The molecule has 2 heterocycles. The number of carbonyl (C=O) groups is 1. The quantitative estimate of drug-likeness (QED) is 0.218. The molecule has 2 aliphatic carbocycles. The smallest absolute Gasteiger partial charge is 0.233 e. The maximum absolute atomic E-state index is 14.6. The summed E-state index contributed by atoms with van der Waals surface area (Å²) in [6.07, 6.45) is 11.9. The van der Waals surface area contributed by atoms with Crippen LogP contribution in [0.25, 0.3) is 22.8 Å². The molecule has 4 aromatic rings. The molecule has 2 fully saturated rings. The normalized spacial score (nSPS) is 16.6. The molecule has 212 valence electrons. The van der Waals surface area contributed by atoms with Crippen LogP contribution in [0.1, 0.15) is 56.9 Å². The van der Waals surface area contributed by atoms with E-state index in [1.807, 2.05) is 41.1 Å².